The molecule has 4 heteroatoms. The van der Waals surface area contributed by atoms with Gasteiger partial charge in [-0.1, -0.05) is 36.4 Å². The van der Waals surface area contributed by atoms with E-state index in [2.05, 4.69) is 32.8 Å². The summed E-state index contributed by atoms with van der Waals surface area (Å²) in [5.41, 5.74) is 3.94. The third-order valence-corrected chi connectivity index (χ3v) is 4.43. The molecular formula is C20H20N4. The van der Waals surface area contributed by atoms with E-state index in [-0.39, 0.29) is 0 Å². The molecule has 1 saturated heterocycles. The van der Waals surface area contributed by atoms with Gasteiger partial charge in [0.1, 0.15) is 0 Å². The number of nitriles is 1. The Bertz CT molecular complexity index is 675. The van der Waals surface area contributed by atoms with E-state index < -0.39 is 0 Å². The highest BCUT2D eigenvalue weighted by molar-refractivity contribution is 5.45. The molecule has 0 spiro atoms. The first-order valence-corrected chi connectivity index (χ1v) is 8.17. The van der Waals surface area contributed by atoms with Gasteiger partial charge in [-0.2, -0.15) is 5.26 Å². The largest absolute Gasteiger partial charge is 0.297 e. The maximum absolute atomic E-state index is 8.85. The van der Waals surface area contributed by atoms with Gasteiger partial charge in [-0.25, -0.2) is 4.85 Å². The Morgan fingerprint density at radius 3 is 1.71 bits per heavy atom. The van der Waals surface area contributed by atoms with Crippen molar-refractivity contribution < 1.29 is 0 Å². The van der Waals surface area contributed by atoms with Crippen LogP contribution in [0.25, 0.3) is 4.85 Å². The molecule has 4 nitrogen and oxygen atoms in total. The lowest BCUT2D eigenvalue weighted by atomic mass is 10.1. The van der Waals surface area contributed by atoms with Crippen LogP contribution in [-0.4, -0.2) is 36.0 Å². The first-order chi connectivity index (χ1) is 11.8. The summed E-state index contributed by atoms with van der Waals surface area (Å²) >= 11 is 0. The third kappa shape index (κ3) is 4.20. The van der Waals surface area contributed by atoms with Crippen molar-refractivity contribution in [3.63, 3.8) is 0 Å². The quantitative estimate of drug-likeness (QED) is 0.811. The third-order valence-electron chi connectivity index (χ3n) is 4.43. The fourth-order valence-corrected chi connectivity index (χ4v) is 2.98. The Morgan fingerprint density at radius 1 is 0.833 bits per heavy atom. The van der Waals surface area contributed by atoms with Crippen molar-refractivity contribution in [2.75, 3.05) is 26.2 Å². The highest BCUT2D eigenvalue weighted by atomic mass is 15.3. The zero-order valence-corrected chi connectivity index (χ0v) is 13.7. The van der Waals surface area contributed by atoms with Gasteiger partial charge in [0.05, 0.1) is 18.2 Å². The van der Waals surface area contributed by atoms with Crippen LogP contribution in [0.4, 0.5) is 5.69 Å². The summed E-state index contributed by atoms with van der Waals surface area (Å²) < 4.78 is 0. The molecular weight excluding hydrogens is 296 g/mol. The van der Waals surface area contributed by atoms with E-state index in [1.165, 1.54) is 11.1 Å². The molecule has 0 bridgehead atoms. The number of nitrogens with zero attached hydrogens (tertiary/aromatic N) is 4. The molecule has 1 heterocycles. The highest BCUT2D eigenvalue weighted by Crippen LogP contribution is 2.16. The Labute approximate surface area is 143 Å². The van der Waals surface area contributed by atoms with E-state index >= 15 is 0 Å². The van der Waals surface area contributed by atoms with Gasteiger partial charge in [0.2, 0.25) is 0 Å². The fraction of sp³-hybridized carbons (Fsp3) is 0.300. The number of benzene rings is 2. The summed E-state index contributed by atoms with van der Waals surface area (Å²) in [5, 5.41) is 8.85. The van der Waals surface area contributed by atoms with Crippen LogP contribution in [0, 0.1) is 17.9 Å². The van der Waals surface area contributed by atoms with Crippen molar-refractivity contribution >= 4 is 5.69 Å². The minimum atomic E-state index is 0.700. The van der Waals surface area contributed by atoms with E-state index in [9.17, 15) is 0 Å². The second kappa shape index (κ2) is 7.75. The monoisotopic (exact) mass is 316 g/mol. The van der Waals surface area contributed by atoms with Crippen molar-refractivity contribution in [3.8, 4) is 6.07 Å². The molecule has 1 aliphatic rings. The standard InChI is InChI=1S/C20H20N4/c1-22-20-8-6-19(7-9-20)16-24-12-10-23(11-13-24)15-18-4-2-17(14-21)3-5-18/h2-9H,10-13,15-16H2. The molecule has 0 aliphatic carbocycles. The van der Waals surface area contributed by atoms with E-state index in [0.717, 1.165) is 39.3 Å². The Balaban J connectivity index is 1.48. The Hall–Kier alpha value is -2.66. The first kappa shape index (κ1) is 16.2. The second-order valence-electron chi connectivity index (χ2n) is 6.14. The van der Waals surface area contributed by atoms with Crippen LogP contribution in [0.2, 0.25) is 0 Å². The van der Waals surface area contributed by atoms with Crippen molar-refractivity contribution in [1.29, 1.82) is 5.26 Å². The average molecular weight is 316 g/mol. The molecule has 3 rings (SSSR count). The molecule has 0 aromatic heterocycles. The van der Waals surface area contributed by atoms with E-state index in [1.54, 1.807) is 0 Å². The van der Waals surface area contributed by atoms with Crippen molar-refractivity contribution in [1.82, 2.24) is 9.80 Å². The molecule has 24 heavy (non-hydrogen) atoms. The number of hydrogen-bond donors (Lipinski definition) is 0. The molecule has 1 aliphatic heterocycles. The SMILES string of the molecule is [C-]#[N+]c1ccc(CN2CCN(Cc3ccc(C#N)cc3)CC2)cc1. The van der Waals surface area contributed by atoms with Gasteiger partial charge in [-0.3, -0.25) is 9.80 Å². The second-order valence-corrected chi connectivity index (χ2v) is 6.14. The van der Waals surface area contributed by atoms with Crippen LogP contribution in [0.15, 0.2) is 48.5 Å². The van der Waals surface area contributed by atoms with Crippen LogP contribution in [0.1, 0.15) is 16.7 Å². The molecule has 0 saturated carbocycles. The predicted molar refractivity (Wildman–Crippen MR) is 94.4 cm³/mol. The maximum Gasteiger partial charge on any atom is 0.187 e. The fourth-order valence-electron chi connectivity index (χ4n) is 2.98. The molecule has 1 fully saturated rings. The van der Waals surface area contributed by atoms with E-state index in [1.807, 2.05) is 36.4 Å². The summed E-state index contributed by atoms with van der Waals surface area (Å²) in [6.45, 7) is 13.1. The van der Waals surface area contributed by atoms with Gasteiger partial charge in [-0.05, 0) is 23.3 Å². The summed E-state index contributed by atoms with van der Waals surface area (Å²) in [6, 6.07) is 17.9. The predicted octanol–water partition coefficient (Wildman–Crippen LogP) is 3.43. The van der Waals surface area contributed by atoms with Crippen LogP contribution in [0.5, 0.6) is 0 Å². The average Bonchev–Trinajstić information content (AvgIpc) is 2.65. The van der Waals surface area contributed by atoms with Gasteiger partial charge < -0.3 is 0 Å². The normalized spacial score (nSPS) is 15.6. The summed E-state index contributed by atoms with van der Waals surface area (Å²) in [7, 11) is 0. The zero-order valence-electron chi connectivity index (χ0n) is 13.7. The minimum Gasteiger partial charge on any atom is -0.297 e. The molecule has 0 atom stereocenters. The topological polar surface area (TPSA) is 34.6 Å². The van der Waals surface area contributed by atoms with Crippen LogP contribution in [-0.2, 0) is 13.1 Å². The first-order valence-electron chi connectivity index (χ1n) is 8.17. The Kier molecular flexibility index (Phi) is 5.23. The van der Waals surface area contributed by atoms with Crippen molar-refractivity contribution in [2.45, 2.75) is 13.1 Å². The molecule has 2 aromatic carbocycles. The molecule has 0 amide bonds. The van der Waals surface area contributed by atoms with Crippen molar-refractivity contribution in [3.05, 3.63) is 76.6 Å². The lowest BCUT2D eigenvalue weighted by molar-refractivity contribution is 0.122. The van der Waals surface area contributed by atoms with Gasteiger partial charge in [0.15, 0.2) is 5.69 Å². The van der Waals surface area contributed by atoms with Gasteiger partial charge in [0.25, 0.3) is 0 Å². The maximum atomic E-state index is 8.85. The van der Waals surface area contributed by atoms with Crippen LogP contribution in [0.3, 0.4) is 0 Å². The molecule has 0 N–H and O–H groups in total. The number of rotatable bonds is 4. The lowest BCUT2D eigenvalue weighted by Gasteiger charge is -2.34. The highest BCUT2D eigenvalue weighted by Gasteiger charge is 2.17. The van der Waals surface area contributed by atoms with E-state index in [4.69, 9.17) is 11.8 Å². The van der Waals surface area contributed by atoms with Gasteiger partial charge >= 0.3 is 0 Å². The van der Waals surface area contributed by atoms with Crippen LogP contribution < -0.4 is 0 Å². The van der Waals surface area contributed by atoms with Crippen molar-refractivity contribution in [2.24, 2.45) is 0 Å². The van der Waals surface area contributed by atoms with Gasteiger partial charge in [-0.15, -0.1) is 0 Å². The van der Waals surface area contributed by atoms with E-state index in [0.29, 0.717) is 11.3 Å². The molecule has 0 unspecified atom stereocenters. The van der Waals surface area contributed by atoms with Gasteiger partial charge in [0, 0.05) is 39.3 Å². The minimum absolute atomic E-state index is 0.700. The number of piperazine rings is 1. The lowest BCUT2D eigenvalue weighted by Crippen LogP contribution is -2.45. The molecule has 0 radical (unpaired) electrons. The summed E-state index contributed by atoms with van der Waals surface area (Å²) in [5.74, 6) is 0. The molecule has 2 aromatic rings. The summed E-state index contributed by atoms with van der Waals surface area (Å²) in [6.07, 6.45) is 0. The smallest absolute Gasteiger partial charge is 0.187 e. The van der Waals surface area contributed by atoms with Crippen LogP contribution >= 0.6 is 0 Å². The number of hydrogen-bond acceptors (Lipinski definition) is 3. The zero-order chi connectivity index (χ0) is 16.8. The Morgan fingerprint density at radius 2 is 1.29 bits per heavy atom. The summed E-state index contributed by atoms with van der Waals surface area (Å²) in [4.78, 5) is 8.35. The molecule has 120 valence electrons.